The molecule has 2 heteroatoms. The Labute approximate surface area is 103 Å². The first-order valence-electron chi connectivity index (χ1n) is 6.55. The molecule has 0 radical (unpaired) electrons. The van der Waals surface area contributed by atoms with E-state index in [-0.39, 0.29) is 12.1 Å². The van der Waals surface area contributed by atoms with E-state index in [2.05, 4.69) is 23.1 Å². The molecule has 2 aliphatic rings. The number of aliphatic hydroxyl groups is 1. The zero-order valence-electron chi connectivity index (χ0n) is 10.0. The van der Waals surface area contributed by atoms with Crippen molar-refractivity contribution < 1.29 is 5.11 Å². The maximum atomic E-state index is 10.5. The number of rotatable bonds is 1. The van der Waals surface area contributed by atoms with E-state index in [1.165, 1.54) is 19.3 Å². The van der Waals surface area contributed by atoms with Gasteiger partial charge in [0, 0.05) is 0 Å². The van der Waals surface area contributed by atoms with Crippen LogP contribution in [-0.4, -0.2) is 29.1 Å². The van der Waals surface area contributed by atoms with E-state index in [9.17, 15) is 5.11 Å². The van der Waals surface area contributed by atoms with E-state index in [1.54, 1.807) is 0 Å². The van der Waals surface area contributed by atoms with Crippen LogP contribution in [0.1, 0.15) is 36.5 Å². The van der Waals surface area contributed by atoms with Gasteiger partial charge < -0.3 is 5.11 Å². The van der Waals surface area contributed by atoms with Crippen molar-refractivity contribution in [3.8, 4) is 0 Å². The lowest BCUT2D eigenvalue weighted by molar-refractivity contribution is 0.0608. The van der Waals surface area contributed by atoms with Crippen molar-refractivity contribution in [1.82, 2.24) is 4.90 Å². The van der Waals surface area contributed by atoms with Crippen molar-refractivity contribution in [2.45, 2.75) is 31.4 Å². The number of nitrogens with zero attached hydrogens (tertiary/aromatic N) is 1. The van der Waals surface area contributed by atoms with E-state index in [0.29, 0.717) is 0 Å². The first-order valence-corrected chi connectivity index (χ1v) is 6.55. The molecule has 0 amide bonds. The van der Waals surface area contributed by atoms with E-state index in [1.807, 2.05) is 18.2 Å². The van der Waals surface area contributed by atoms with E-state index < -0.39 is 0 Å². The van der Waals surface area contributed by atoms with Gasteiger partial charge in [-0.3, -0.25) is 4.90 Å². The Hall–Kier alpha value is -1.12. The highest BCUT2D eigenvalue weighted by Crippen LogP contribution is 2.31. The predicted octanol–water partition coefficient (Wildman–Crippen LogP) is 2.60. The SMILES string of the molecule is O[C@H]1c2ccccc2C=C[C@@H]1N1CCCCC1. The minimum Gasteiger partial charge on any atom is -0.386 e. The standard InChI is InChI=1S/C15H19NO/c17-15-13-7-3-2-6-12(13)8-9-14(15)16-10-4-1-5-11-16/h2-3,6-9,14-15,17H,1,4-5,10-11H2/t14-,15-/m0/s1. The van der Waals surface area contributed by atoms with Crippen molar-refractivity contribution in [3.05, 3.63) is 41.5 Å². The van der Waals surface area contributed by atoms with Crippen LogP contribution in [0.4, 0.5) is 0 Å². The fraction of sp³-hybridized carbons (Fsp3) is 0.467. The topological polar surface area (TPSA) is 23.5 Å². The Bertz CT molecular complexity index is 421. The van der Waals surface area contributed by atoms with Gasteiger partial charge in [-0.15, -0.1) is 0 Å². The second-order valence-corrected chi connectivity index (χ2v) is 5.02. The Morgan fingerprint density at radius 2 is 1.82 bits per heavy atom. The molecule has 17 heavy (non-hydrogen) atoms. The minimum atomic E-state index is -0.366. The normalized spacial score (nSPS) is 29.0. The number of aliphatic hydroxyl groups excluding tert-OH is 1. The Morgan fingerprint density at radius 3 is 2.65 bits per heavy atom. The van der Waals surface area contributed by atoms with Crippen LogP contribution >= 0.6 is 0 Å². The number of fused-ring (bicyclic) bond motifs is 1. The highest BCUT2D eigenvalue weighted by Gasteiger charge is 2.29. The molecule has 0 bridgehead atoms. The molecule has 2 atom stereocenters. The van der Waals surface area contributed by atoms with Crippen molar-refractivity contribution in [2.75, 3.05) is 13.1 Å². The molecular formula is C15H19NO. The van der Waals surface area contributed by atoms with Gasteiger partial charge >= 0.3 is 0 Å². The minimum absolute atomic E-state index is 0.171. The van der Waals surface area contributed by atoms with Crippen LogP contribution in [0.2, 0.25) is 0 Å². The van der Waals surface area contributed by atoms with Gasteiger partial charge in [-0.25, -0.2) is 0 Å². The molecule has 90 valence electrons. The molecule has 1 saturated heterocycles. The lowest BCUT2D eigenvalue weighted by Crippen LogP contribution is -2.42. The highest BCUT2D eigenvalue weighted by atomic mass is 16.3. The highest BCUT2D eigenvalue weighted by molar-refractivity contribution is 5.58. The van der Waals surface area contributed by atoms with E-state index in [0.717, 1.165) is 24.2 Å². The molecular weight excluding hydrogens is 210 g/mol. The van der Waals surface area contributed by atoms with Crippen molar-refractivity contribution in [3.63, 3.8) is 0 Å². The third-order valence-corrected chi connectivity index (χ3v) is 3.92. The smallest absolute Gasteiger partial charge is 0.0986 e. The molecule has 0 saturated carbocycles. The van der Waals surface area contributed by atoms with E-state index >= 15 is 0 Å². The molecule has 1 N–H and O–H groups in total. The third-order valence-electron chi connectivity index (χ3n) is 3.92. The number of likely N-dealkylation sites (tertiary alicyclic amines) is 1. The average Bonchev–Trinajstić information content (AvgIpc) is 2.40. The maximum absolute atomic E-state index is 10.5. The molecule has 0 unspecified atom stereocenters. The van der Waals surface area contributed by atoms with Crippen LogP contribution in [0.3, 0.4) is 0 Å². The first kappa shape index (κ1) is 11.0. The number of benzene rings is 1. The average molecular weight is 229 g/mol. The summed E-state index contributed by atoms with van der Waals surface area (Å²) in [7, 11) is 0. The molecule has 1 aliphatic heterocycles. The summed E-state index contributed by atoms with van der Waals surface area (Å²) >= 11 is 0. The van der Waals surface area contributed by atoms with Crippen LogP contribution in [-0.2, 0) is 0 Å². The number of hydrogen-bond donors (Lipinski definition) is 1. The summed E-state index contributed by atoms with van der Waals surface area (Å²) in [4.78, 5) is 2.42. The van der Waals surface area contributed by atoms with Crippen LogP contribution in [0.15, 0.2) is 30.3 Å². The Balaban J connectivity index is 1.85. The molecule has 1 aromatic carbocycles. The van der Waals surface area contributed by atoms with Crippen LogP contribution in [0.25, 0.3) is 6.08 Å². The summed E-state index contributed by atoms with van der Waals surface area (Å²) in [5, 5.41) is 10.5. The summed E-state index contributed by atoms with van der Waals surface area (Å²) in [6.45, 7) is 2.24. The Kier molecular flexibility index (Phi) is 3.00. The molecule has 1 heterocycles. The van der Waals surface area contributed by atoms with Crippen LogP contribution in [0.5, 0.6) is 0 Å². The lowest BCUT2D eigenvalue weighted by atomic mass is 9.90. The second-order valence-electron chi connectivity index (χ2n) is 5.02. The number of hydrogen-bond acceptors (Lipinski definition) is 2. The second kappa shape index (κ2) is 4.63. The van der Waals surface area contributed by atoms with Crippen LogP contribution in [0, 0.1) is 0 Å². The Morgan fingerprint density at radius 1 is 1.06 bits per heavy atom. The fourth-order valence-electron chi connectivity index (χ4n) is 2.96. The van der Waals surface area contributed by atoms with Gasteiger partial charge in [-0.2, -0.15) is 0 Å². The van der Waals surface area contributed by atoms with Crippen molar-refractivity contribution >= 4 is 6.08 Å². The largest absolute Gasteiger partial charge is 0.386 e. The van der Waals surface area contributed by atoms with Crippen LogP contribution < -0.4 is 0 Å². The third kappa shape index (κ3) is 2.03. The fourth-order valence-corrected chi connectivity index (χ4v) is 2.96. The van der Waals surface area contributed by atoms with Crippen molar-refractivity contribution in [2.24, 2.45) is 0 Å². The lowest BCUT2D eigenvalue weighted by Gasteiger charge is -2.37. The first-order chi connectivity index (χ1) is 8.36. The molecule has 1 aliphatic carbocycles. The summed E-state index contributed by atoms with van der Waals surface area (Å²) in [6, 6.07) is 8.32. The quantitative estimate of drug-likeness (QED) is 0.800. The molecule has 1 aromatic rings. The van der Waals surface area contributed by atoms with Gasteiger partial charge in [0.15, 0.2) is 0 Å². The molecule has 0 spiro atoms. The summed E-state index contributed by atoms with van der Waals surface area (Å²) < 4.78 is 0. The summed E-state index contributed by atoms with van der Waals surface area (Å²) in [5.41, 5.74) is 2.24. The maximum Gasteiger partial charge on any atom is 0.0986 e. The molecule has 3 rings (SSSR count). The van der Waals surface area contributed by atoms with Gasteiger partial charge in [0.1, 0.15) is 0 Å². The molecule has 2 nitrogen and oxygen atoms in total. The molecule has 0 aromatic heterocycles. The molecule has 1 fully saturated rings. The zero-order valence-corrected chi connectivity index (χ0v) is 10.0. The van der Waals surface area contributed by atoms with Gasteiger partial charge in [0.05, 0.1) is 12.1 Å². The van der Waals surface area contributed by atoms with E-state index in [4.69, 9.17) is 0 Å². The van der Waals surface area contributed by atoms with Crippen molar-refractivity contribution in [1.29, 1.82) is 0 Å². The monoisotopic (exact) mass is 229 g/mol. The number of piperidine rings is 1. The predicted molar refractivity (Wildman–Crippen MR) is 69.6 cm³/mol. The van der Waals surface area contributed by atoms with Gasteiger partial charge in [0.25, 0.3) is 0 Å². The van der Waals surface area contributed by atoms with Gasteiger partial charge in [0.2, 0.25) is 0 Å². The zero-order chi connectivity index (χ0) is 11.7. The van der Waals surface area contributed by atoms with Gasteiger partial charge in [-0.05, 0) is 37.1 Å². The van der Waals surface area contributed by atoms with Gasteiger partial charge in [-0.1, -0.05) is 42.8 Å². The summed E-state index contributed by atoms with van der Waals surface area (Å²) in [5.74, 6) is 0. The summed E-state index contributed by atoms with van der Waals surface area (Å²) in [6.07, 6.45) is 7.81.